The van der Waals surface area contributed by atoms with Crippen LogP contribution in [-0.2, 0) is 11.2 Å². The molecule has 1 N–H and O–H groups in total. The SMILES string of the molecule is Cc1ccc(C(=O)C2CC2c2ccc(C(=O)N3CCc4c(sc(NC(=O)c5c(Cl)cccc5Cl)c4F)-c4ccccc43)cc2)c(N2CC3(CCOCC3)C2)n1. The summed E-state index contributed by atoms with van der Waals surface area (Å²) in [4.78, 5) is 50.6. The number of aromatic nitrogens is 1. The summed E-state index contributed by atoms with van der Waals surface area (Å²) in [6, 6.07) is 23.5. The summed E-state index contributed by atoms with van der Waals surface area (Å²) >= 11 is 13.6. The third-order valence-corrected chi connectivity index (χ3v) is 13.3. The first-order valence-electron chi connectivity index (χ1n) is 18.5. The molecule has 8 nitrogen and oxygen atoms in total. The summed E-state index contributed by atoms with van der Waals surface area (Å²) in [5.41, 5.74) is 5.23. The molecule has 2 aromatic heterocycles. The van der Waals surface area contributed by atoms with E-state index in [4.69, 9.17) is 32.9 Å². The van der Waals surface area contributed by atoms with Gasteiger partial charge in [-0.15, -0.1) is 11.3 Å². The van der Waals surface area contributed by atoms with Crippen LogP contribution in [0.5, 0.6) is 0 Å². The average Bonchev–Trinajstić information content (AvgIpc) is 3.95. The average molecular weight is 796 g/mol. The minimum Gasteiger partial charge on any atom is -0.381 e. The Labute approximate surface area is 332 Å². The molecule has 2 amide bonds. The zero-order chi connectivity index (χ0) is 38.0. The number of aryl methyl sites for hydroxylation is 1. The van der Waals surface area contributed by atoms with E-state index in [9.17, 15) is 14.4 Å². The van der Waals surface area contributed by atoms with Crippen LogP contribution < -0.4 is 15.1 Å². The molecule has 5 heterocycles. The topological polar surface area (TPSA) is 91.8 Å². The van der Waals surface area contributed by atoms with Gasteiger partial charge in [0.1, 0.15) is 10.8 Å². The molecule has 4 aliphatic rings. The van der Waals surface area contributed by atoms with Crippen LogP contribution in [0.25, 0.3) is 10.4 Å². The van der Waals surface area contributed by atoms with Crippen molar-refractivity contribution in [3.05, 3.63) is 128 Å². The first-order chi connectivity index (χ1) is 26.6. The Bertz CT molecular complexity index is 2350. The minimum absolute atomic E-state index is 0.0619. The van der Waals surface area contributed by atoms with E-state index < -0.39 is 11.7 Å². The van der Waals surface area contributed by atoms with E-state index in [0.29, 0.717) is 32.8 Å². The van der Waals surface area contributed by atoms with Gasteiger partial charge in [-0.25, -0.2) is 9.37 Å². The summed E-state index contributed by atoms with van der Waals surface area (Å²) in [7, 11) is 0. The summed E-state index contributed by atoms with van der Waals surface area (Å²) in [5, 5.41) is 3.06. The molecule has 3 aliphatic heterocycles. The van der Waals surface area contributed by atoms with Gasteiger partial charge in [0.25, 0.3) is 11.8 Å². The number of fused-ring (bicyclic) bond motifs is 3. The van der Waals surface area contributed by atoms with Crippen LogP contribution in [0, 0.1) is 24.1 Å². The zero-order valence-electron chi connectivity index (χ0n) is 30.0. The molecule has 2 saturated heterocycles. The number of Topliss-reactive ketones (excluding diaryl/α,β-unsaturated/α-hetero) is 1. The second-order valence-corrected chi connectivity index (χ2v) is 16.9. The molecule has 12 heteroatoms. The van der Waals surface area contributed by atoms with E-state index in [1.54, 1.807) is 23.1 Å². The Balaban J connectivity index is 0.903. The first-order valence-corrected chi connectivity index (χ1v) is 20.1. The number of thiophene rings is 1. The van der Waals surface area contributed by atoms with E-state index in [2.05, 4.69) is 10.2 Å². The van der Waals surface area contributed by atoms with Gasteiger partial charge in [0, 0.05) is 71.4 Å². The Morgan fingerprint density at radius 3 is 2.42 bits per heavy atom. The first kappa shape index (κ1) is 36.1. The molecular formula is C43H37Cl2FN4O4S. The van der Waals surface area contributed by atoms with E-state index in [0.717, 1.165) is 74.0 Å². The van der Waals surface area contributed by atoms with Crippen LogP contribution in [-0.4, -0.2) is 55.4 Å². The van der Waals surface area contributed by atoms with Crippen molar-refractivity contribution in [3.63, 3.8) is 0 Å². The smallest absolute Gasteiger partial charge is 0.259 e. The fourth-order valence-corrected chi connectivity index (χ4v) is 10.1. The lowest BCUT2D eigenvalue weighted by Gasteiger charge is -2.53. The fourth-order valence-electron chi connectivity index (χ4n) is 8.39. The molecule has 55 heavy (non-hydrogen) atoms. The highest BCUT2D eigenvalue weighted by molar-refractivity contribution is 7.19. The van der Waals surface area contributed by atoms with Crippen LogP contribution in [0.2, 0.25) is 10.0 Å². The lowest BCUT2D eigenvalue weighted by atomic mass is 9.73. The molecule has 2 unspecified atom stereocenters. The van der Waals surface area contributed by atoms with Crippen LogP contribution in [0.3, 0.4) is 0 Å². The summed E-state index contributed by atoms with van der Waals surface area (Å²) in [5.74, 6) is -0.488. The van der Waals surface area contributed by atoms with E-state index in [-0.39, 0.29) is 62.5 Å². The molecule has 0 bridgehead atoms. The molecule has 0 radical (unpaired) electrons. The number of carbonyl (C=O) groups excluding carboxylic acids is 3. The number of carbonyl (C=O) groups is 3. The van der Waals surface area contributed by atoms with Gasteiger partial charge < -0.3 is 19.9 Å². The minimum atomic E-state index is -0.603. The number of benzene rings is 3. The van der Waals surface area contributed by atoms with Gasteiger partial charge in [-0.05, 0) is 86.6 Å². The van der Waals surface area contributed by atoms with Crippen molar-refractivity contribution >= 4 is 68.6 Å². The molecule has 1 spiro atoms. The standard InChI is InChI=1S/C43H37Cl2FN4O4S/c1-24-9-14-29(39(47-24)49-22-43(23-49)16-19-54-20-17-43)37(51)31-21-30(31)25-10-12-26(13-11-25)42(53)50-18-15-28-36(46)41(55-38(28)27-5-2-3-8-34(27)50)48-40(52)35-32(44)6-4-7-33(35)45/h2-14,30-31H,15-23H2,1H3,(H,48,52). The second-order valence-electron chi connectivity index (χ2n) is 15.1. The predicted molar refractivity (Wildman–Crippen MR) is 215 cm³/mol. The molecule has 3 aromatic carbocycles. The van der Waals surface area contributed by atoms with Gasteiger partial charge in [-0.3, -0.25) is 14.4 Å². The number of halogens is 3. The second kappa shape index (κ2) is 14.2. The molecule has 1 saturated carbocycles. The monoisotopic (exact) mass is 794 g/mol. The molecular weight excluding hydrogens is 758 g/mol. The van der Waals surface area contributed by atoms with Crippen molar-refractivity contribution in [2.45, 2.75) is 38.5 Å². The Morgan fingerprint density at radius 1 is 0.945 bits per heavy atom. The highest BCUT2D eigenvalue weighted by Crippen LogP contribution is 2.51. The van der Waals surface area contributed by atoms with E-state index >= 15 is 4.39 Å². The molecule has 5 aromatic rings. The Hall–Kier alpha value is -4.61. The number of nitrogens with one attached hydrogen (secondary N) is 1. The highest BCUT2D eigenvalue weighted by Gasteiger charge is 2.48. The number of ketones is 1. The number of ether oxygens (including phenoxy) is 1. The molecule has 9 rings (SSSR count). The van der Waals surface area contributed by atoms with Gasteiger partial charge in [0.2, 0.25) is 0 Å². The number of hydrogen-bond donors (Lipinski definition) is 1. The summed E-state index contributed by atoms with van der Waals surface area (Å²) in [6.45, 7) is 5.59. The van der Waals surface area contributed by atoms with Crippen LogP contribution >= 0.6 is 34.5 Å². The summed E-state index contributed by atoms with van der Waals surface area (Å²) in [6.07, 6.45) is 3.09. The maximum Gasteiger partial charge on any atom is 0.259 e. The number of pyridine rings is 1. The van der Waals surface area contributed by atoms with Crippen molar-refractivity contribution < 1.29 is 23.5 Å². The maximum atomic E-state index is 16.0. The van der Waals surface area contributed by atoms with Crippen molar-refractivity contribution in [2.24, 2.45) is 11.3 Å². The highest BCUT2D eigenvalue weighted by atomic mass is 35.5. The van der Waals surface area contributed by atoms with Crippen molar-refractivity contribution in [1.29, 1.82) is 0 Å². The van der Waals surface area contributed by atoms with Crippen LogP contribution in [0.15, 0.2) is 78.9 Å². The number of nitrogens with zero attached hydrogens (tertiary/aromatic N) is 3. The van der Waals surface area contributed by atoms with Crippen molar-refractivity contribution in [3.8, 4) is 10.4 Å². The van der Waals surface area contributed by atoms with Crippen molar-refractivity contribution in [2.75, 3.05) is 48.0 Å². The lowest BCUT2D eigenvalue weighted by molar-refractivity contribution is -0.000526. The number of hydrogen-bond acceptors (Lipinski definition) is 7. The number of para-hydroxylation sites is 1. The van der Waals surface area contributed by atoms with E-state index in [1.165, 1.54) is 0 Å². The predicted octanol–water partition coefficient (Wildman–Crippen LogP) is 9.62. The molecule has 1 aliphatic carbocycles. The third kappa shape index (κ3) is 6.52. The van der Waals surface area contributed by atoms with E-state index in [1.807, 2.05) is 67.6 Å². The van der Waals surface area contributed by atoms with Gasteiger partial charge in [-0.1, -0.05) is 59.6 Å². The molecule has 2 atom stereocenters. The van der Waals surface area contributed by atoms with Gasteiger partial charge >= 0.3 is 0 Å². The number of amides is 2. The van der Waals surface area contributed by atoms with Gasteiger partial charge in [-0.2, -0.15) is 0 Å². The quantitative estimate of drug-likeness (QED) is 0.165. The fraction of sp³-hybridized carbons (Fsp3) is 0.302. The van der Waals surface area contributed by atoms with Crippen LogP contribution in [0.4, 0.5) is 20.9 Å². The summed E-state index contributed by atoms with van der Waals surface area (Å²) < 4.78 is 21.6. The molecule has 280 valence electrons. The Morgan fingerprint density at radius 2 is 1.67 bits per heavy atom. The lowest BCUT2D eigenvalue weighted by Crippen LogP contribution is -2.59. The van der Waals surface area contributed by atoms with Gasteiger partial charge in [0.15, 0.2) is 11.6 Å². The number of anilines is 3. The maximum absolute atomic E-state index is 16.0. The number of rotatable bonds is 7. The molecule has 3 fully saturated rings. The normalized spacial score (nSPS) is 19.6. The zero-order valence-corrected chi connectivity index (χ0v) is 32.4. The van der Waals surface area contributed by atoms with Crippen LogP contribution in [0.1, 0.15) is 73.1 Å². The van der Waals surface area contributed by atoms with Crippen molar-refractivity contribution in [1.82, 2.24) is 4.98 Å². The Kier molecular flexibility index (Phi) is 9.28. The largest absolute Gasteiger partial charge is 0.381 e. The third-order valence-electron chi connectivity index (χ3n) is 11.5. The van der Waals surface area contributed by atoms with Gasteiger partial charge in [0.05, 0.1) is 26.9 Å².